The van der Waals surface area contributed by atoms with Gasteiger partial charge < -0.3 is 19.7 Å². The fraction of sp³-hybridized carbons (Fsp3) is 0.562. The first-order chi connectivity index (χ1) is 10.6. The number of halogens is 1. The smallest absolute Gasteiger partial charge is 0.193 e. The van der Waals surface area contributed by atoms with Crippen molar-refractivity contribution in [2.75, 3.05) is 41.0 Å². The predicted octanol–water partition coefficient (Wildman–Crippen LogP) is 2.39. The Morgan fingerprint density at radius 1 is 1.55 bits per heavy atom. The number of benzene rings is 1. The van der Waals surface area contributed by atoms with Crippen LogP contribution in [0.5, 0.6) is 5.75 Å². The van der Waals surface area contributed by atoms with E-state index in [1.165, 1.54) is 0 Å². The number of aliphatic imine (C=N–C) groups is 1. The van der Waals surface area contributed by atoms with Crippen molar-refractivity contribution in [3.05, 3.63) is 28.8 Å². The second-order valence-electron chi connectivity index (χ2n) is 5.47. The van der Waals surface area contributed by atoms with Crippen LogP contribution in [0.25, 0.3) is 0 Å². The second kappa shape index (κ2) is 8.25. The first-order valence-electron chi connectivity index (χ1n) is 7.46. The van der Waals surface area contributed by atoms with Crippen LogP contribution in [-0.2, 0) is 11.3 Å². The Kier molecular flexibility index (Phi) is 6.34. The first kappa shape index (κ1) is 16.9. The monoisotopic (exact) mass is 325 g/mol. The van der Waals surface area contributed by atoms with E-state index in [0.29, 0.717) is 17.5 Å². The number of nitrogens with zero attached hydrogens (tertiary/aromatic N) is 2. The van der Waals surface area contributed by atoms with Gasteiger partial charge >= 0.3 is 0 Å². The molecule has 0 saturated carbocycles. The van der Waals surface area contributed by atoms with Gasteiger partial charge in [0.25, 0.3) is 0 Å². The summed E-state index contributed by atoms with van der Waals surface area (Å²) in [6, 6.07) is 5.61. The Hall–Kier alpha value is -1.46. The standard InChI is InChI=1S/C16H24ClN3O2/c1-18-16(20(2)10-12-6-7-22-11-12)19-9-13-8-14(17)4-5-15(13)21-3/h4-5,8,12H,6-7,9-11H2,1-3H3,(H,18,19). The number of rotatable bonds is 5. The highest BCUT2D eigenvalue weighted by Gasteiger charge is 2.19. The molecule has 2 rings (SSSR count). The summed E-state index contributed by atoms with van der Waals surface area (Å²) in [4.78, 5) is 6.48. The maximum Gasteiger partial charge on any atom is 0.193 e. The number of ether oxygens (including phenoxy) is 2. The lowest BCUT2D eigenvalue weighted by Crippen LogP contribution is -2.41. The molecule has 0 radical (unpaired) electrons. The number of guanidine groups is 1. The molecule has 1 aromatic rings. The van der Waals surface area contributed by atoms with Crippen molar-refractivity contribution in [1.82, 2.24) is 10.2 Å². The van der Waals surface area contributed by atoms with Crippen LogP contribution < -0.4 is 10.1 Å². The number of methoxy groups -OCH3 is 1. The molecule has 0 amide bonds. The van der Waals surface area contributed by atoms with Gasteiger partial charge in [0.1, 0.15) is 5.75 Å². The molecule has 1 fully saturated rings. The van der Waals surface area contributed by atoms with Gasteiger partial charge in [-0.25, -0.2) is 0 Å². The Morgan fingerprint density at radius 3 is 3.00 bits per heavy atom. The van der Waals surface area contributed by atoms with E-state index in [1.54, 1.807) is 14.2 Å². The Balaban J connectivity index is 1.94. The van der Waals surface area contributed by atoms with E-state index in [0.717, 1.165) is 43.5 Å². The van der Waals surface area contributed by atoms with Gasteiger partial charge in [0.05, 0.1) is 13.7 Å². The minimum atomic E-state index is 0.573. The zero-order valence-electron chi connectivity index (χ0n) is 13.4. The van der Waals surface area contributed by atoms with Crippen LogP contribution in [0.15, 0.2) is 23.2 Å². The van der Waals surface area contributed by atoms with Gasteiger partial charge in [-0.1, -0.05) is 11.6 Å². The third-order valence-electron chi connectivity index (χ3n) is 3.81. The molecule has 0 spiro atoms. The minimum Gasteiger partial charge on any atom is -0.496 e. The van der Waals surface area contributed by atoms with E-state index < -0.39 is 0 Å². The summed E-state index contributed by atoms with van der Waals surface area (Å²) < 4.78 is 10.8. The highest BCUT2D eigenvalue weighted by molar-refractivity contribution is 6.30. The van der Waals surface area contributed by atoms with E-state index in [2.05, 4.69) is 15.2 Å². The molecule has 1 atom stereocenters. The summed E-state index contributed by atoms with van der Waals surface area (Å²) in [6.07, 6.45) is 1.11. The van der Waals surface area contributed by atoms with Crippen LogP contribution >= 0.6 is 11.6 Å². The summed E-state index contributed by atoms with van der Waals surface area (Å²) >= 11 is 6.06. The molecular formula is C16H24ClN3O2. The Bertz CT molecular complexity index is 516. The van der Waals surface area contributed by atoms with Crippen LogP contribution in [0.1, 0.15) is 12.0 Å². The highest BCUT2D eigenvalue weighted by Crippen LogP contribution is 2.22. The molecule has 0 aliphatic carbocycles. The molecule has 122 valence electrons. The minimum absolute atomic E-state index is 0.573. The Labute approximate surface area is 137 Å². The summed E-state index contributed by atoms with van der Waals surface area (Å²) in [5.74, 6) is 2.25. The van der Waals surface area contributed by atoms with Crippen molar-refractivity contribution in [1.29, 1.82) is 0 Å². The van der Waals surface area contributed by atoms with Crippen LogP contribution in [0.3, 0.4) is 0 Å². The summed E-state index contributed by atoms with van der Waals surface area (Å²) in [5.41, 5.74) is 1.01. The maximum absolute atomic E-state index is 6.06. The molecule has 1 saturated heterocycles. The van der Waals surface area contributed by atoms with Gasteiger partial charge in [0.2, 0.25) is 0 Å². The molecule has 6 heteroatoms. The third-order valence-corrected chi connectivity index (χ3v) is 4.04. The molecule has 1 aromatic carbocycles. The maximum atomic E-state index is 6.06. The topological polar surface area (TPSA) is 46.1 Å². The number of hydrogen-bond acceptors (Lipinski definition) is 3. The molecule has 5 nitrogen and oxygen atoms in total. The molecule has 0 aromatic heterocycles. The SMILES string of the molecule is CN=C(NCc1cc(Cl)ccc1OC)N(C)CC1CCOC1. The number of hydrogen-bond donors (Lipinski definition) is 1. The van der Waals surface area contributed by atoms with E-state index >= 15 is 0 Å². The van der Waals surface area contributed by atoms with Gasteiger partial charge in [-0.05, 0) is 24.6 Å². The first-order valence-corrected chi connectivity index (χ1v) is 7.83. The lowest BCUT2D eigenvalue weighted by Gasteiger charge is -2.24. The van der Waals surface area contributed by atoms with Gasteiger partial charge in [-0.15, -0.1) is 0 Å². The second-order valence-corrected chi connectivity index (χ2v) is 5.90. The van der Waals surface area contributed by atoms with Crippen molar-refractivity contribution < 1.29 is 9.47 Å². The average molecular weight is 326 g/mol. The molecular weight excluding hydrogens is 302 g/mol. The van der Waals surface area contributed by atoms with Gasteiger partial charge in [-0.3, -0.25) is 4.99 Å². The molecule has 1 aliphatic rings. The van der Waals surface area contributed by atoms with Crippen molar-refractivity contribution in [3.8, 4) is 5.75 Å². The van der Waals surface area contributed by atoms with Crippen molar-refractivity contribution in [2.24, 2.45) is 10.9 Å². The summed E-state index contributed by atoms with van der Waals surface area (Å²) in [7, 11) is 5.50. The fourth-order valence-corrected chi connectivity index (χ4v) is 2.84. The average Bonchev–Trinajstić information content (AvgIpc) is 3.01. The zero-order chi connectivity index (χ0) is 15.9. The van der Waals surface area contributed by atoms with Gasteiger partial charge in [0.15, 0.2) is 5.96 Å². The molecule has 0 bridgehead atoms. The fourth-order valence-electron chi connectivity index (χ4n) is 2.65. The lowest BCUT2D eigenvalue weighted by atomic mass is 10.1. The Morgan fingerprint density at radius 2 is 2.36 bits per heavy atom. The van der Waals surface area contributed by atoms with Crippen molar-refractivity contribution >= 4 is 17.6 Å². The van der Waals surface area contributed by atoms with Crippen molar-refractivity contribution in [3.63, 3.8) is 0 Å². The van der Waals surface area contributed by atoms with E-state index in [1.807, 2.05) is 25.2 Å². The molecule has 1 unspecified atom stereocenters. The normalized spacial score (nSPS) is 18.4. The van der Waals surface area contributed by atoms with Crippen LogP contribution in [0, 0.1) is 5.92 Å². The van der Waals surface area contributed by atoms with Crippen LogP contribution in [0.4, 0.5) is 0 Å². The molecule has 1 N–H and O–H groups in total. The lowest BCUT2D eigenvalue weighted by molar-refractivity contribution is 0.181. The predicted molar refractivity (Wildman–Crippen MR) is 89.8 cm³/mol. The summed E-state index contributed by atoms with van der Waals surface area (Å²) in [5, 5.41) is 4.06. The van der Waals surface area contributed by atoms with Crippen LogP contribution in [0.2, 0.25) is 5.02 Å². The zero-order valence-corrected chi connectivity index (χ0v) is 14.2. The molecule has 1 heterocycles. The van der Waals surface area contributed by atoms with E-state index in [-0.39, 0.29) is 0 Å². The molecule has 1 aliphatic heterocycles. The van der Waals surface area contributed by atoms with Gasteiger partial charge in [0, 0.05) is 50.3 Å². The highest BCUT2D eigenvalue weighted by atomic mass is 35.5. The van der Waals surface area contributed by atoms with Crippen molar-refractivity contribution in [2.45, 2.75) is 13.0 Å². The number of nitrogens with one attached hydrogen (secondary N) is 1. The van der Waals surface area contributed by atoms with Crippen LogP contribution in [-0.4, -0.2) is 51.8 Å². The van der Waals surface area contributed by atoms with E-state index in [9.17, 15) is 0 Å². The third kappa shape index (κ3) is 4.52. The quantitative estimate of drug-likeness (QED) is 0.667. The van der Waals surface area contributed by atoms with E-state index in [4.69, 9.17) is 21.1 Å². The largest absolute Gasteiger partial charge is 0.496 e. The summed E-state index contributed by atoms with van der Waals surface area (Å²) in [6.45, 7) is 3.25. The van der Waals surface area contributed by atoms with Gasteiger partial charge in [-0.2, -0.15) is 0 Å². The molecule has 22 heavy (non-hydrogen) atoms.